The van der Waals surface area contributed by atoms with E-state index in [9.17, 15) is 18.0 Å². The fourth-order valence-corrected chi connectivity index (χ4v) is 5.15. The predicted octanol–water partition coefficient (Wildman–Crippen LogP) is 2.53. The highest BCUT2D eigenvalue weighted by Gasteiger charge is 2.29. The van der Waals surface area contributed by atoms with Crippen molar-refractivity contribution >= 4 is 45.6 Å². The zero-order valence-corrected chi connectivity index (χ0v) is 22.8. The Kier molecular flexibility index (Phi) is 9.47. The van der Waals surface area contributed by atoms with Crippen molar-refractivity contribution in [3.63, 3.8) is 0 Å². The normalized spacial score (nSPS) is 14.4. The number of nitrogens with one attached hydrogen (secondary N) is 2. The number of ether oxygens (including phenoxy) is 1. The minimum atomic E-state index is -4.85. The first kappa shape index (κ1) is 30.1. The van der Waals surface area contributed by atoms with Crippen LogP contribution in [0, 0.1) is 10.8 Å². The number of amidine groups is 2. The van der Waals surface area contributed by atoms with Gasteiger partial charge in [0.05, 0.1) is 23.6 Å². The molecular formula is C26H31FN6O6S. The largest absolute Gasteiger partial charge is 0.489 e. The van der Waals surface area contributed by atoms with Gasteiger partial charge >= 0.3 is 16.3 Å². The molecule has 2 aromatic rings. The summed E-state index contributed by atoms with van der Waals surface area (Å²) in [6, 6.07) is 9.83. The van der Waals surface area contributed by atoms with Crippen LogP contribution in [0.15, 0.2) is 48.3 Å². The molecular weight excluding hydrogens is 543 g/mol. The first-order valence-corrected chi connectivity index (χ1v) is 13.6. The van der Waals surface area contributed by atoms with Gasteiger partial charge in [0.15, 0.2) is 0 Å². The van der Waals surface area contributed by atoms with Crippen LogP contribution in [0.25, 0.3) is 6.08 Å². The summed E-state index contributed by atoms with van der Waals surface area (Å²) in [6.45, 7) is 2.88. The average molecular weight is 575 g/mol. The number of nitrogens with two attached hydrogens (primary N) is 2. The molecule has 1 amide bonds. The highest BCUT2D eigenvalue weighted by atomic mass is 32.2. The third-order valence-corrected chi connectivity index (χ3v) is 7.36. The van der Waals surface area contributed by atoms with Gasteiger partial charge in [-0.2, -0.15) is 8.42 Å². The van der Waals surface area contributed by atoms with E-state index >= 15 is 4.39 Å². The van der Waals surface area contributed by atoms with E-state index < -0.39 is 34.6 Å². The summed E-state index contributed by atoms with van der Waals surface area (Å²) in [5.74, 6) is -2.67. The number of anilines is 1. The monoisotopic (exact) mass is 574 g/mol. The molecule has 2 aromatic carbocycles. The number of piperidine rings is 1. The Morgan fingerprint density at radius 1 is 1.12 bits per heavy atom. The van der Waals surface area contributed by atoms with Crippen molar-refractivity contribution in [3.05, 3.63) is 65.0 Å². The number of nitrogens with zero attached hydrogens (tertiary/aromatic N) is 2. The molecule has 0 radical (unpaired) electrons. The van der Waals surface area contributed by atoms with E-state index in [0.717, 1.165) is 19.1 Å². The molecule has 214 valence electrons. The number of benzene rings is 2. The second-order valence-corrected chi connectivity index (χ2v) is 10.6. The summed E-state index contributed by atoms with van der Waals surface area (Å²) in [5.41, 5.74) is 11.3. The number of rotatable bonds is 10. The number of hydrogen-bond acceptors (Lipinski definition) is 8. The number of hydrogen-bond donors (Lipinski definition) is 4. The molecule has 3 rings (SSSR count). The quantitative estimate of drug-likeness (QED) is 0.245. The number of halogens is 1. The second kappa shape index (κ2) is 12.6. The van der Waals surface area contributed by atoms with Gasteiger partial charge in [0.25, 0.3) is 5.91 Å². The molecule has 12 nitrogen and oxygen atoms in total. The lowest BCUT2D eigenvalue weighted by atomic mass is 10.1. The molecule has 0 saturated carbocycles. The van der Waals surface area contributed by atoms with Crippen LogP contribution < -0.4 is 20.5 Å². The van der Waals surface area contributed by atoms with Crippen LogP contribution in [0.2, 0.25) is 0 Å². The summed E-state index contributed by atoms with van der Waals surface area (Å²) in [7, 11) is -4.85. The SMILES string of the molecule is CC(=N)N1CCC(Oc2ccc(N(C/C(F)=C/c3cccc(C(=N)N)c3)S(=O)(=O)OC(C)=O)cc2C(N)=O)CC1. The smallest absolute Gasteiger partial charge is 0.412 e. The molecule has 0 unspecified atom stereocenters. The topological polar surface area (TPSA) is 193 Å². The third kappa shape index (κ3) is 7.79. The summed E-state index contributed by atoms with van der Waals surface area (Å²) in [5, 5.41) is 15.3. The van der Waals surface area contributed by atoms with E-state index in [1.807, 2.05) is 4.90 Å². The molecule has 1 aliphatic heterocycles. The van der Waals surface area contributed by atoms with Crippen molar-refractivity contribution in [3.8, 4) is 5.75 Å². The van der Waals surface area contributed by atoms with Crippen molar-refractivity contribution in [2.24, 2.45) is 11.5 Å². The number of amides is 1. The van der Waals surface area contributed by atoms with E-state index in [1.165, 1.54) is 24.3 Å². The van der Waals surface area contributed by atoms with Crippen molar-refractivity contribution in [2.45, 2.75) is 32.8 Å². The van der Waals surface area contributed by atoms with Gasteiger partial charge in [-0.15, -0.1) is 0 Å². The highest BCUT2D eigenvalue weighted by molar-refractivity contribution is 7.88. The van der Waals surface area contributed by atoms with Crippen LogP contribution >= 0.6 is 0 Å². The molecule has 14 heteroatoms. The van der Waals surface area contributed by atoms with E-state index in [4.69, 9.17) is 27.0 Å². The van der Waals surface area contributed by atoms with Crippen LogP contribution in [-0.4, -0.2) is 62.6 Å². The summed E-state index contributed by atoms with van der Waals surface area (Å²) >= 11 is 0. The number of nitrogen functional groups attached to an aromatic ring is 1. The van der Waals surface area contributed by atoms with Gasteiger partial charge in [-0.1, -0.05) is 18.2 Å². The number of likely N-dealkylation sites (tertiary alicyclic amines) is 1. The van der Waals surface area contributed by atoms with Gasteiger partial charge in [-0.25, -0.2) is 8.70 Å². The maximum atomic E-state index is 15.2. The number of carbonyl (C=O) groups excluding carboxylic acids is 2. The Balaban J connectivity index is 1.94. The predicted molar refractivity (Wildman–Crippen MR) is 148 cm³/mol. The highest BCUT2D eigenvalue weighted by Crippen LogP contribution is 2.30. The van der Waals surface area contributed by atoms with Gasteiger partial charge in [0.1, 0.15) is 23.5 Å². The van der Waals surface area contributed by atoms with E-state index in [1.54, 1.807) is 19.1 Å². The summed E-state index contributed by atoms with van der Waals surface area (Å²) in [4.78, 5) is 25.7. The second-order valence-electron chi connectivity index (χ2n) is 9.10. The molecule has 1 saturated heterocycles. The maximum Gasteiger partial charge on any atom is 0.412 e. The van der Waals surface area contributed by atoms with E-state index in [2.05, 4.69) is 4.18 Å². The Hall–Kier alpha value is -4.46. The molecule has 0 aliphatic carbocycles. The molecule has 1 aliphatic rings. The molecule has 0 spiro atoms. The fourth-order valence-electron chi connectivity index (χ4n) is 4.11. The zero-order valence-electron chi connectivity index (χ0n) is 22.0. The number of primary amides is 1. The molecule has 40 heavy (non-hydrogen) atoms. The van der Waals surface area contributed by atoms with Crippen LogP contribution in [-0.2, 0) is 19.3 Å². The summed E-state index contributed by atoms with van der Waals surface area (Å²) in [6.07, 6.45) is 1.94. The van der Waals surface area contributed by atoms with Crippen molar-refractivity contribution in [1.29, 1.82) is 10.8 Å². The lowest BCUT2D eigenvalue weighted by Crippen LogP contribution is -2.40. The molecule has 0 atom stereocenters. The van der Waals surface area contributed by atoms with Gasteiger partial charge < -0.3 is 25.3 Å². The zero-order chi connectivity index (χ0) is 29.6. The van der Waals surface area contributed by atoms with Crippen LogP contribution in [0.5, 0.6) is 5.75 Å². The standard InChI is InChI=1S/C26H31FN6O6S/c1-16(28)32-10-8-22(9-11-32)38-24-7-6-21(14-23(24)26(31)35)33(40(36,37)39-17(2)34)15-20(27)13-18-4-3-5-19(12-18)25(29)30/h3-7,12-14,22,28H,8-11,15H2,1-2H3,(H3,29,30)(H2,31,35)/b20-13-,28-16?. The third-order valence-electron chi connectivity index (χ3n) is 6.03. The van der Waals surface area contributed by atoms with Gasteiger partial charge in [0, 0.05) is 38.4 Å². The Morgan fingerprint density at radius 3 is 2.38 bits per heavy atom. The first-order valence-electron chi connectivity index (χ1n) is 12.2. The fraction of sp³-hybridized carbons (Fsp3) is 0.308. The van der Waals surface area contributed by atoms with Crippen molar-refractivity contribution < 1.29 is 31.3 Å². The van der Waals surface area contributed by atoms with Gasteiger partial charge in [-0.3, -0.25) is 20.4 Å². The minimum Gasteiger partial charge on any atom is -0.489 e. The van der Waals surface area contributed by atoms with E-state index in [0.29, 0.717) is 47.2 Å². The average Bonchev–Trinajstić information content (AvgIpc) is 2.87. The lowest BCUT2D eigenvalue weighted by Gasteiger charge is -2.33. The van der Waals surface area contributed by atoms with Crippen LogP contribution in [0.3, 0.4) is 0 Å². The van der Waals surface area contributed by atoms with Crippen molar-refractivity contribution in [2.75, 3.05) is 23.9 Å². The molecule has 6 N–H and O–H groups in total. The van der Waals surface area contributed by atoms with E-state index in [-0.39, 0.29) is 28.9 Å². The molecule has 0 bridgehead atoms. The summed E-state index contributed by atoms with van der Waals surface area (Å²) < 4.78 is 51.9. The Bertz CT molecular complexity index is 1450. The van der Waals surface area contributed by atoms with Crippen LogP contribution in [0.4, 0.5) is 10.1 Å². The Morgan fingerprint density at radius 2 is 1.80 bits per heavy atom. The Labute approximate surface area is 231 Å². The molecule has 0 aromatic heterocycles. The maximum absolute atomic E-state index is 15.2. The van der Waals surface area contributed by atoms with Gasteiger partial charge in [0.2, 0.25) is 0 Å². The minimum absolute atomic E-state index is 0.114. The lowest BCUT2D eigenvalue weighted by molar-refractivity contribution is -0.131. The number of carbonyl (C=O) groups is 2. The first-order chi connectivity index (χ1) is 18.8. The van der Waals surface area contributed by atoms with Gasteiger partial charge in [-0.05, 0) is 42.8 Å². The molecule has 1 heterocycles. The van der Waals surface area contributed by atoms with Crippen molar-refractivity contribution in [1.82, 2.24) is 4.90 Å². The van der Waals surface area contributed by atoms with Crippen LogP contribution in [0.1, 0.15) is 48.2 Å². The molecule has 1 fully saturated rings.